The van der Waals surface area contributed by atoms with Crippen molar-refractivity contribution in [3.63, 3.8) is 0 Å². The highest BCUT2D eigenvalue weighted by molar-refractivity contribution is 5.81. The zero-order chi connectivity index (χ0) is 17.7. The number of hydrogen-bond donors (Lipinski definition) is 0. The van der Waals surface area contributed by atoms with Gasteiger partial charge in [0.05, 0.1) is 11.4 Å². The summed E-state index contributed by atoms with van der Waals surface area (Å²) in [6.45, 7) is 2.16. The van der Waals surface area contributed by atoms with Gasteiger partial charge in [-0.25, -0.2) is 13.9 Å². The first kappa shape index (κ1) is 14.9. The van der Waals surface area contributed by atoms with E-state index >= 15 is 0 Å². The van der Waals surface area contributed by atoms with Crippen molar-refractivity contribution in [1.29, 1.82) is 0 Å². The van der Waals surface area contributed by atoms with Crippen LogP contribution in [0.1, 0.15) is 5.69 Å². The molecule has 0 aliphatic carbocycles. The second-order valence-corrected chi connectivity index (χ2v) is 6.10. The third kappa shape index (κ3) is 2.23. The molecule has 0 saturated carbocycles. The summed E-state index contributed by atoms with van der Waals surface area (Å²) in [5.74, 6) is 1.19. The zero-order valence-electron chi connectivity index (χ0n) is 13.9. The molecular weight excluding hydrogens is 333 g/mol. The number of nitrogens with zero attached hydrogens (tertiary/aromatic N) is 3. The predicted octanol–water partition coefficient (Wildman–Crippen LogP) is 4.24. The highest BCUT2D eigenvalue weighted by atomic mass is 19.1. The molecule has 1 aliphatic rings. The van der Waals surface area contributed by atoms with Gasteiger partial charge in [-0.15, -0.1) is 0 Å². The van der Waals surface area contributed by atoms with Crippen molar-refractivity contribution in [3.8, 4) is 33.9 Å². The maximum atomic E-state index is 13.3. The van der Waals surface area contributed by atoms with Crippen LogP contribution in [0.4, 0.5) is 4.39 Å². The summed E-state index contributed by atoms with van der Waals surface area (Å²) in [6, 6.07) is 14.1. The molecule has 128 valence electrons. The SMILES string of the molecule is Cc1nn2c(-c3ccc4c(c3)OCO4)ccnc2c1-c1ccc(F)cc1. The van der Waals surface area contributed by atoms with Crippen LogP contribution in [0.25, 0.3) is 28.0 Å². The molecule has 0 N–H and O–H groups in total. The molecule has 2 aromatic carbocycles. The fraction of sp³-hybridized carbons (Fsp3) is 0.100. The molecule has 0 unspecified atom stereocenters. The van der Waals surface area contributed by atoms with E-state index in [1.807, 2.05) is 35.7 Å². The number of ether oxygens (including phenoxy) is 2. The molecule has 3 heterocycles. The van der Waals surface area contributed by atoms with Crippen LogP contribution in [-0.2, 0) is 0 Å². The number of benzene rings is 2. The highest BCUT2D eigenvalue weighted by Gasteiger charge is 2.18. The average Bonchev–Trinajstić information content (AvgIpc) is 3.25. The lowest BCUT2D eigenvalue weighted by atomic mass is 10.1. The van der Waals surface area contributed by atoms with Gasteiger partial charge < -0.3 is 9.47 Å². The minimum Gasteiger partial charge on any atom is -0.454 e. The van der Waals surface area contributed by atoms with E-state index in [-0.39, 0.29) is 12.6 Å². The lowest BCUT2D eigenvalue weighted by Crippen LogP contribution is -1.96. The number of fused-ring (bicyclic) bond motifs is 2. The van der Waals surface area contributed by atoms with Crippen molar-refractivity contribution < 1.29 is 13.9 Å². The number of aromatic nitrogens is 3. The molecule has 1 aliphatic heterocycles. The maximum Gasteiger partial charge on any atom is 0.231 e. The van der Waals surface area contributed by atoms with Crippen molar-refractivity contribution in [2.45, 2.75) is 6.92 Å². The van der Waals surface area contributed by atoms with E-state index in [2.05, 4.69) is 10.1 Å². The number of rotatable bonds is 2. The molecule has 0 atom stereocenters. The Kier molecular flexibility index (Phi) is 3.18. The van der Waals surface area contributed by atoms with E-state index in [1.54, 1.807) is 18.3 Å². The topological polar surface area (TPSA) is 48.7 Å². The van der Waals surface area contributed by atoms with Crippen LogP contribution >= 0.6 is 0 Å². The Labute approximate surface area is 148 Å². The fourth-order valence-electron chi connectivity index (χ4n) is 3.28. The van der Waals surface area contributed by atoms with Crippen LogP contribution in [0.15, 0.2) is 54.7 Å². The molecular formula is C20H14FN3O2. The smallest absolute Gasteiger partial charge is 0.231 e. The Hall–Kier alpha value is -3.41. The van der Waals surface area contributed by atoms with Gasteiger partial charge in [0.1, 0.15) is 5.82 Å². The molecule has 0 spiro atoms. The van der Waals surface area contributed by atoms with Gasteiger partial charge >= 0.3 is 0 Å². The van der Waals surface area contributed by atoms with Crippen LogP contribution in [0.3, 0.4) is 0 Å². The van der Waals surface area contributed by atoms with Gasteiger partial charge in [-0.2, -0.15) is 5.10 Å². The Balaban J connectivity index is 1.71. The molecule has 4 aromatic rings. The minimum atomic E-state index is -0.267. The molecule has 6 heteroatoms. The average molecular weight is 347 g/mol. The Bertz CT molecular complexity index is 1140. The first-order chi connectivity index (χ1) is 12.7. The quantitative estimate of drug-likeness (QED) is 0.544. The van der Waals surface area contributed by atoms with E-state index in [4.69, 9.17) is 9.47 Å². The first-order valence-corrected chi connectivity index (χ1v) is 8.21. The standard InChI is InChI=1S/C20H14FN3O2/c1-12-19(13-2-5-15(21)6-3-13)20-22-9-8-16(24(20)23-12)14-4-7-17-18(10-14)26-11-25-17/h2-10H,11H2,1H3. The van der Waals surface area contributed by atoms with Gasteiger partial charge in [-0.05, 0) is 48.9 Å². The lowest BCUT2D eigenvalue weighted by Gasteiger charge is -2.06. The minimum absolute atomic E-state index is 0.236. The summed E-state index contributed by atoms with van der Waals surface area (Å²) < 4.78 is 25.9. The summed E-state index contributed by atoms with van der Waals surface area (Å²) in [5.41, 5.74) is 5.18. The largest absolute Gasteiger partial charge is 0.454 e. The number of halogens is 1. The molecule has 0 amide bonds. The summed E-state index contributed by atoms with van der Waals surface area (Å²) in [7, 11) is 0. The predicted molar refractivity (Wildman–Crippen MR) is 94.7 cm³/mol. The third-order valence-electron chi connectivity index (χ3n) is 4.49. The molecule has 0 bridgehead atoms. The number of hydrogen-bond acceptors (Lipinski definition) is 4. The molecule has 5 rings (SSSR count). The summed E-state index contributed by atoms with van der Waals surface area (Å²) in [5, 5.41) is 4.67. The number of aryl methyl sites for hydroxylation is 1. The first-order valence-electron chi connectivity index (χ1n) is 8.21. The van der Waals surface area contributed by atoms with Crippen molar-refractivity contribution in [2.24, 2.45) is 0 Å². The van der Waals surface area contributed by atoms with Gasteiger partial charge in [0.2, 0.25) is 6.79 Å². The van der Waals surface area contributed by atoms with Gasteiger partial charge in [0, 0.05) is 17.3 Å². The molecule has 26 heavy (non-hydrogen) atoms. The van der Waals surface area contributed by atoms with Crippen LogP contribution < -0.4 is 9.47 Å². The zero-order valence-corrected chi connectivity index (χ0v) is 13.9. The van der Waals surface area contributed by atoms with Crippen molar-refractivity contribution in [2.75, 3.05) is 6.79 Å². The second kappa shape index (κ2) is 5.56. The van der Waals surface area contributed by atoms with E-state index in [0.717, 1.165) is 45.2 Å². The second-order valence-electron chi connectivity index (χ2n) is 6.10. The van der Waals surface area contributed by atoms with Crippen LogP contribution in [0.5, 0.6) is 11.5 Å². The van der Waals surface area contributed by atoms with E-state index in [1.165, 1.54) is 12.1 Å². The van der Waals surface area contributed by atoms with E-state index < -0.39 is 0 Å². The van der Waals surface area contributed by atoms with Gasteiger partial charge in [-0.3, -0.25) is 0 Å². The lowest BCUT2D eigenvalue weighted by molar-refractivity contribution is 0.174. The van der Waals surface area contributed by atoms with Crippen LogP contribution in [0.2, 0.25) is 0 Å². The highest BCUT2D eigenvalue weighted by Crippen LogP contribution is 2.36. The normalized spacial score (nSPS) is 12.7. The van der Waals surface area contributed by atoms with Crippen molar-refractivity contribution >= 4 is 5.65 Å². The fourth-order valence-corrected chi connectivity index (χ4v) is 3.28. The van der Waals surface area contributed by atoms with Gasteiger partial charge in [-0.1, -0.05) is 12.1 Å². The monoisotopic (exact) mass is 347 g/mol. The molecule has 5 nitrogen and oxygen atoms in total. The van der Waals surface area contributed by atoms with E-state index in [0.29, 0.717) is 0 Å². The van der Waals surface area contributed by atoms with Gasteiger partial charge in [0.15, 0.2) is 17.1 Å². The maximum absolute atomic E-state index is 13.3. The molecule has 0 radical (unpaired) electrons. The van der Waals surface area contributed by atoms with Crippen molar-refractivity contribution in [1.82, 2.24) is 14.6 Å². The summed E-state index contributed by atoms with van der Waals surface area (Å²) >= 11 is 0. The Morgan fingerprint density at radius 2 is 1.73 bits per heavy atom. The molecule has 2 aromatic heterocycles. The van der Waals surface area contributed by atoms with E-state index in [9.17, 15) is 4.39 Å². The van der Waals surface area contributed by atoms with Crippen LogP contribution in [-0.4, -0.2) is 21.4 Å². The van der Waals surface area contributed by atoms with Crippen molar-refractivity contribution in [3.05, 3.63) is 66.2 Å². The summed E-state index contributed by atoms with van der Waals surface area (Å²) in [6.07, 6.45) is 1.75. The molecule has 0 fully saturated rings. The van der Waals surface area contributed by atoms with Crippen LogP contribution in [0, 0.1) is 12.7 Å². The molecule has 0 saturated heterocycles. The Morgan fingerprint density at radius 3 is 2.58 bits per heavy atom. The third-order valence-corrected chi connectivity index (χ3v) is 4.49. The van der Waals surface area contributed by atoms with Gasteiger partial charge in [0.25, 0.3) is 0 Å². The Morgan fingerprint density at radius 1 is 0.962 bits per heavy atom. The summed E-state index contributed by atoms with van der Waals surface area (Å²) in [4.78, 5) is 4.51.